The molecule has 1 amide bonds. The predicted octanol–water partition coefficient (Wildman–Crippen LogP) is 4.07. The van der Waals surface area contributed by atoms with Crippen molar-refractivity contribution in [3.63, 3.8) is 0 Å². The minimum Gasteiger partial charge on any atom is -0.342 e. The van der Waals surface area contributed by atoms with Gasteiger partial charge in [0, 0.05) is 26.1 Å². The van der Waals surface area contributed by atoms with Crippen LogP contribution in [0.15, 0.2) is 28.8 Å². The van der Waals surface area contributed by atoms with Gasteiger partial charge >= 0.3 is 0 Å². The highest BCUT2D eigenvalue weighted by molar-refractivity contribution is 5.78. The molecular weight excluding hydrogens is 388 g/mol. The zero-order chi connectivity index (χ0) is 21.3. The summed E-state index contributed by atoms with van der Waals surface area (Å²) in [6, 6.07) is 8.86. The topological polar surface area (TPSA) is 62.5 Å². The van der Waals surface area contributed by atoms with Crippen molar-refractivity contribution < 1.29 is 9.32 Å². The van der Waals surface area contributed by atoms with Gasteiger partial charge in [0.05, 0.1) is 12.0 Å². The van der Waals surface area contributed by atoms with Crippen molar-refractivity contribution in [2.24, 2.45) is 5.92 Å². The predicted molar refractivity (Wildman–Crippen MR) is 119 cm³/mol. The zero-order valence-electron chi connectivity index (χ0n) is 18.7. The van der Waals surface area contributed by atoms with Crippen molar-refractivity contribution in [1.82, 2.24) is 19.9 Å². The fourth-order valence-corrected chi connectivity index (χ4v) is 5.85. The molecule has 2 saturated heterocycles. The van der Waals surface area contributed by atoms with E-state index in [0.717, 1.165) is 63.6 Å². The molecule has 0 N–H and O–H groups in total. The van der Waals surface area contributed by atoms with Crippen LogP contribution in [-0.4, -0.2) is 52.0 Å². The molecule has 1 aromatic heterocycles. The first-order valence-electron chi connectivity index (χ1n) is 12.0. The van der Waals surface area contributed by atoms with E-state index in [0.29, 0.717) is 18.4 Å². The van der Waals surface area contributed by atoms with Crippen LogP contribution in [0.4, 0.5) is 0 Å². The molecular formula is C25H34N4O2. The molecule has 3 heterocycles. The average Bonchev–Trinajstić information content (AvgIpc) is 3.52. The van der Waals surface area contributed by atoms with Crippen LogP contribution in [0.25, 0.3) is 0 Å². The lowest BCUT2D eigenvalue weighted by Gasteiger charge is -2.33. The smallest absolute Gasteiger partial charge is 0.240 e. The molecule has 0 spiro atoms. The number of aromatic nitrogens is 2. The molecule has 1 unspecified atom stereocenters. The van der Waals surface area contributed by atoms with Gasteiger partial charge in [0.2, 0.25) is 11.8 Å². The van der Waals surface area contributed by atoms with Crippen LogP contribution < -0.4 is 0 Å². The van der Waals surface area contributed by atoms with Crippen LogP contribution in [0.2, 0.25) is 0 Å². The third-order valence-corrected chi connectivity index (χ3v) is 7.57. The molecule has 3 aliphatic rings. The molecule has 0 bridgehead atoms. The minimum absolute atomic E-state index is 0.101. The third kappa shape index (κ3) is 4.27. The van der Waals surface area contributed by atoms with Crippen molar-refractivity contribution in [2.75, 3.05) is 26.2 Å². The van der Waals surface area contributed by atoms with Crippen LogP contribution in [0.1, 0.15) is 74.2 Å². The van der Waals surface area contributed by atoms with E-state index < -0.39 is 0 Å². The Kier molecular flexibility index (Phi) is 5.83. The summed E-state index contributed by atoms with van der Waals surface area (Å²) >= 11 is 0. The minimum atomic E-state index is -0.101. The van der Waals surface area contributed by atoms with E-state index in [1.165, 1.54) is 36.8 Å². The van der Waals surface area contributed by atoms with E-state index >= 15 is 0 Å². The lowest BCUT2D eigenvalue weighted by Crippen LogP contribution is -2.41. The van der Waals surface area contributed by atoms with Gasteiger partial charge in [0.15, 0.2) is 5.82 Å². The number of hydrogen-bond acceptors (Lipinski definition) is 5. The van der Waals surface area contributed by atoms with Gasteiger partial charge in [-0.25, -0.2) is 0 Å². The van der Waals surface area contributed by atoms with Crippen molar-refractivity contribution in [1.29, 1.82) is 0 Å². The summed E-state index contributed by atoms with van der Waals surface area (Å²) in [7, 11) is 0. The SMILES string of the molecule is Cc1ccc(C2(c3noc(CN4CCCC(CN5CCCC5=O)C4)n3)CCCC2)cc1. The Balaban J connectivity index is 1.26. The van der Waals surface area contributed by atoms with Crippen molar-refractivity contribution >= 4 is 5.91 Å². The second kappa shape index (κ2) is 8.73. The largest absolute Gasteiger partial charge is 0.342 e. The summed E-state index contributed by atoms with van der Waals surface area (Å²) in [4.78, 5) is 21.4. The standard InChI is InChI=1S/C25H34N4O2/c1-19-8-10-21(11-9-19)25(12-2-3-13-25)24-26-22(31-27-24)18-28-14-4-6-20(16-28)17-29-15-5-7-23(29)30/h8-11,20H,2-7,12-18H2,1H3. The Morgan fingerprint density at radius 1 is 1.10 bits per heavy atom. The van der Waals surface area contributed by atoms with Gasteiger partial charge in [-0.2, -0.15) is 4.98 Å². The number of nitrogens with zero attached hydrogens (tertiary/aromatic N) is 4. The molecule has 3 fully saturated rings. The van der Waals surface area contributed by atoms with Gasteiger partial charge in [-0.05, 0) is 57.1 Å². The maximum Gasteiger partial charge on any atom is 0.240 e. The molecule has 1 saturated carbocycles. The van der Waals surface area contributed by atoms with Gasteiger partial charge in [0.25, 0.3) is 0 Å². The van der Waals surface area contributed by atoms with Crippen LogP contribution in [0.5, 0.6) is 0 Å². The fourth-order valence-electron chi connectivity index (χ4n) is 5.85. The molecule has 2 aromatic rings. The van der Waals surface area contributed by atoms with E-state index in [1.54, 1.807) is 0 Å². The van der Waals surface area contributed by atoms with Gasteiger partial charge < -0.3 is 9.42 Å². The van der Waals surface area contributed by atoms with Crippen LogP contribution in [0, 0.1) is 12.8 Å². The van der Waals surface area contributed by atoms with Crippen molar-refractivity contribution in [3.05, 3.63) is 47.1 Å². The summed E-state index contributed by atoms with van der Waals surface area (Å²) < 4.78 is 5.77. The summed E-state index contributed by atoms with van der Waals surface area (Å²) in [5, 5.41) is 4.48. The number of aryl methyl sites for hydroxylation is 1. The molecule has 31 heavy (non-hydrogen) atoms. The van der Waals surface area contributed by atoms with E-state index in [4.69, 9.17) is 9.51 Å². The summed E-state index contributed by atoms with van der Waals surface area (Å²) in [5.74, 6) is 2.47. The Labute approximate surface area is 185 Å². The molecule has 1 aromatic carbocycles. The summed E-state index contributed by atoms with van der Waals surface area (Å²) in [6.45, 7) is 6.74. The van der Waals surface area contributed by atoms with E-state index in [-0.39, 0.29) is 5.41 Å². The molecule has 0 radical (unpaired) electrons. The van der Waals surface area contributed by atoms with Gasteiger partial charge in [-0.3, -0.25) is 9.69 Å². The zero-order valence-corrected chi connectivity index (χ0v) is 18.7. The maximum atomic E-state index is 12.0. The lowest BCUT2D eigenvalue weighted by atomic mass is 9.78. The second-order valence-corrected chi connectivity index (χ2v) is 9.85. The normalized spacial score (nSPS) is 24.2. The number of likely N-dealkylation sites (tertiary alicyclic amines) is 2. The first-order valence-corrected chi connectivity index (χ1v) is 12.0. The Hall–Kier alpha value is -2.21. The fraction of sp³-hybridized carbons (Fsp3) is 0.640. The van der Waals surface area contributed by atoms with E-state index in [1.807, 2.05) is 0 Å². The van der Waals surface area contributed by atoms with Crippen LogP contribution >= 0.6 is 0 Å². The van der Waals surface area contributed by atoms with Gasteiger partial charge in [0.1, 0.15) is 0 Å². The highest BCUT2D eigenvalue weighted by Gasteiger charge is 2.41. The van der Waals surface area contributed by atoms with Crippen LogP contribution in [0.3, 0.4) is 0 Å². The molecule has 166 valence electrons. The lowest BCUT2D eigenvalue weighted by molar-refractivity contribution is -0.128. The van der Waals surface area contributed by atoms with Crippen molar-refractivity contribution in [3.8, 4) is 0 Å². The average molecular weight is 423 g/mol. The number of carbonyl (C=O) groups excluding carboxylic acids is 1. The number of benzene rings is 1. The van der Waals surface area contributed by atoms with Crippen molar-refractivity contribution in [2.45, 2.75) is 70.3 Å². The quantitative estimate of drug-likeness (QED) is 0.702. The van der Waals surface area contributed by atoms with Gasteiger partial charge in [-0.1, -0.05) is 47.8 Å². The Bertz CT molecular complexity index is 901. The second-order valence-electron chi connectivity index (χ2n) is 9.85. The Morgan fingerprint density at radius 3 is 2.65 bits per heavy atom. The molecule has 5 rings (SSSR count). The first-order chi connectivity index (χ1) is 15.1. The molecule has 1 atom stereocenters. The summed E-state index contributed by atoms with van der Waals surface area (Å²) in [6.07, 6.45) is 8.70. The molecule has 6 heteroatoms. The van der Waals surface area contributed by atoms with Gasteiger partial charge in [-0.15, -0.1) is 0 Å². The van der Waals surface area contributed by atoms with E-state index in [2.05, 4.69) is 46.1 Å². The van der Waals surface area contributed by atoms with Crippen LogP contribution in [-0.2, 0) is 16.8 Å². The molecule has 2 aliphatic heterocycles. The number of carbonyl (C=O) groups is 1. The number of hydrogen-bond donors (Lipinski definition) is 0. The highest BCUT2D eigenvalue weighted by Crippen LogP contribution is 2.45. The highest BCUT2D eigenvalue weighted by atomic mass is 16.5. The molecule has 6 nitrogen and oxygen atoms in total. The maximum absolute atomic E-state index is 12.0. The summed E-state index contributed by atoms with van der Waals surface area (Å²) in [5.41, 5.74) is 2.49. The number of amides is 1. The molecule has 1 aliphatic carbocycles. The number of rotatable bonds is 6. The Morgan fingerprint density at radius 2 is 1.90 bits per heavy atom. The van der Waals surface area contributed by atoms with E-state index in [9.17, 15) is 4.79 Å². The number of piperidine rings is 1. The third-order valence-electron chi connectivity index (χ3n) is 7.57. The first kappa shape index (κ1) is 20.7. The monoisotopic (exact) mass is 422 g/mol.